The molecule has 0 spiro atoms. The van der Waals surface area contributed by atoms with E-state index in [1.54, 1.807) is 7.11 Å². The van der Waals surface area contributed by atoms with Gasteiger partial charge in [0.15, 0.2) is 0 Å². The summed E-state index contributed by atoms with van der Waals surface area (Å²) < 4.78 is 10.7. The number of fused-ring (bicyclic) bond motifs is 1. The third kappa shape index (κ3) is 3.77. The van der Waals surface area contributed by atoms with Crippen LogP contribution in [0.1, 0.15) is 47.7 Å². The van der Waals surface area contributed by atoms with Crippen molar-refractivity contribution in [3.8, 4) is 5.75 Å². The van der Waals surface area contributed by atoms with Crippen molar-refractivity contribution in [1.82, 2.24) is 10.3 Å². The first kappa shape index (κ1) is 18.2. The maximum absolute atomic E-state index is 13.1. The highest BCUT2D eigenvalue weighted by Gasteiger charge is 2.33. The van der Waals surface area contributed by atoms with Crippen molar-refractivity contribution in [2.45, 2.75) is 31.6 Å². The van der Waals surface area contributed by atoms with Gasteiger partial charge in [-0.25, -0.2) is 0 Å². The molecule has 2 aromatic rings. The van der Waals surface area contributed by atoms with Crippen LogP contribution in [-0.2, 0) is 4.74 Å². The van der Waals surface area contributed by atoms with Gasteiger partial charge in [0.25, 0.3) is 5.91 Å². The van der Waals surface area contributed by atoms with Gasteiger partial charge in [-0.05, 0) is 49.9 Å². The Morgan fingerprint density at radius 1 is 1.33 bits per heavy atom. The minimum absolute atomic E-state index is 0.0505. The molecule has 2 fully saturated rings. The third-order valence-electron chi connectivity index (χ3n) is 5.79. The van der Waals surface area contributed by atoms with Crippen LogP contribution in [0, 0.1) is 5.41 Å². The van der Waals surface area contributed by atoms with Crippen LogP contribution in [0.15, 0.2) is 24.3 Å². The van der Waals surface area contributed by atoms with Gasteiger partial charge < -0.3 is 19.9 Å². The van der Waals surface area contributed by atoms with E-state index in [-0.39, 0.29) is 17.9 Å². The molecule has 2 heterocycles. The zero-order valence-corrected chi connectivity index (χ0v) is 15.7. The van der Waals surface area contributed by atoms with Gasteiger partial charge in [0.1, 0.15) is 5.75 Å². The lowest BCUT2D eigenvalue weighted by Gasteiger charge is -2.35. The molecule has 2 N–H and O–H groups in total. The first-order valence-electron chi connectivity index (χ1n) is 9.60. The number of nitrogens with zero attached hydrogens (tertiary/aromatic N) is 1. The molecular formula is C21H26N2O4. The number of rotatable bonds is 6. The van der Waals surface area contributed by atoms with Crippen molar-refractivity contribution in [2.75, 3.05) is 33.5 Å². The lowest BCUT2D eigenvalue weighted by atomic mass is 9.81. The second-order valence-corrected chi connectivity index (χ2v) is 7.71. The number of carbonyl (C=O) groups is 1. The van der Waals surface area contributed by atoms with Crippen LogP contribution in [0.4, 0.5) is 0 Å². The molecule has 0 unspecified atom stereocenters. The van der Waals surface area contributed by atoms with Gasteiger partial charge in [0.05, 0.1) is 24.8 Å². The van der Waals surface area contributed by atoms with Crippen molar-refractivity contribution in [3.63, 3.8) is 0 Å². The van der Waals surface area contributed by atoms with E-state index >= 15 is 0 Å². The summed E-state index contributed by atoms with van der Waals surface area (Å²) in [5.41, 5.74) is 2.13. The third-order valence-corrected chi connectivity index (χ3v) is 5.79. The SMILES string of the molecule is COc1ccc2nc(C3CC3)cc(C(=O)NCC3(CO)CCOCC3)c2c1. The number of methoxy groups -OCH3 is 1. The van der Waals surface area contributed by atoms with Crippen molar-refractivity contribution >= 4 is 16.8 Å². The van der Waals surface area contributed by atoms with Gasteiger partial charge in [0, 0.05) is 42.2 Å². The van der Waals surface area contributed by atoms with Crippen molar-refractivity contribution < 1.29 is 19.4 Å². The Morgan fingerprint density at radius 2 is 2.11 bits per heavy atom. The Morgan fingerprint density at radius 3 is 2.78 bits per heavy atom. The molecule has 27 heavy (non-hydrogen) atoms. The Labute approximate surface area is 158 Å². The molecule has 1 aromatic heterocycles. The minimum atomic E-state index is -0.298. The van der Waals surface area contributed by atoms with E-state index in [9.17, 15) is 9.90 Å². The molecule has 0 bridgehead atoms. The molecular weight excluding hydrogens is 344 g/mol. The van der Waals surface area contributed by atoms with E-state index in [4.69, 9.17) is 14.5 Å². The second-order valence-electron chi connectivity index (χ2n) is 7.71. The first-order valence-corrected chi connectivity index (χ1v) is 9.60. The number of benzene rings is 1. The molecule has 1 aliphatic heterocycles. The van der Waals surface area contributed by atoms with Crippen LogP contribution in [-0.4, -0.2) is 49.5 Å². The molecule has 4 rings (SSSR count). The minimum Gasteiger partial charge on any atom is -0.497 e. The van der Waals surface area contributed by atoms with Gasteiger partial charge >= 0.3 is 0 Å². The fourth-order valence-electron chi connectivity index (χ4n) is 3.69. The van der Waals surface area contributed by atoms with Gasteiger partial charge in [-0.3, -0.25) is 9.78 Å². The van der Waals surface area contributed by atoms with Crippen molar-refractivity contribution in [2.24, 2.45) is 5.41 Å². The number of aromatic nitrogens is 1. The van der Waals surface area contributed by atoms with Gasteiger partial charge in [-0.15, -0.1) is 0 Å². The van der Waals surface area contributed by atoms with Crippen LogP contribution in [0.3, 0.4) is 0 Å². The number of amides is 1. The predicted octanol–water partition coefficient (Wildman–Crippen LogP) is 2.64. The lowest BCUT2D eigenvalue weighted by molar-refractivity contribution is -0.0146. The first-order chi connectivity index (χ1) is 13.1. The van der Waals surface area contributed by atoms with E-state index in [1.165, 1.54) is 0 Å². The zero-order valence-electron chi connectivity index (χ0n) is 15.7. The van der Waals surface area contributed by atoms with Crippen LogP contribution < -0.4 is 10.1 Å². The molecule has 1 aromatic carbocycles. The van der Waals surface area contributed by atoms with Crippen LogP contribution >= 0.6 is 0 Å². The fraction of sp³-hybridized carbons (Fsp3) is 0.524. The van der Waals surface area contributed by atoms with E-state index in [1.807, 2.05) is 24.3 Å². The molecule has 1 aliphatic carbocycles. The summed E-state index contributed by atoms with van der Waals surface area (Å²) in [6.45, 7) is 1.74. The Hall–Kier alpha value is -2.18. The topological polar surface area (TPSA) is 80.7 Å². The van der Waals surface area contributed by atoms with E-state index in [2.05, 4.69) is 5.32 Å². The summed E-state index contributed by atoms with van der Waals surface area (Å²) in [5.74, 6) is 1.04. The number of hydrogen-bond donors (Lipinski definition) is 2. The maximum Gasteiger partial charge on any atom is 0.252 e. The number of nitrogens with one attached hydrogen (secondary N) is 1. The van der Waals surface area contributed by atoms with Crippen LogP contribution in [0.25, 0.3) is 10.9 Å². The Bertz CT molecular complexity index is 841. The molecule has 1 saturated heterocycles. The highest BCUT2D eigenvalue weighted by molar-refractivity contribution is 6.06. The predicted molar refractivity (Wildman–Crippen MR) is 102 cm³/mol. The van der Waals surface area contributed by atoms with E-state index in [0.717, 1.165) is 42.3 Å². The highest BCUT2D eigenvalue weighted by Crippen LogP contribution is 2.40. The van der Waals surface area contributed by atoms with Gasteiger partial charge in [-0.1, -0.05) is 0 Å². The average molecular weight is 370 g/mol. The highest BCUT2D eigenvalue weighted by atomic mass is 16.5. The van der Waals surface area contributed by atoms with Crippen molar-refractivity contribution in [3.05, 3.63) is 35.5 Å². The number of carbonyl (C=O) groups excluding carboxylic acids is 1. The summed E-state index contributed by atoms with van der Waals surface area (Å²) in [7, 11) is 1.61. The fourth-order valence-corrected chi connectivity index (χ4v) is 3.69. The van der Waals surface area contributed by atoms with E-state index < -0.39 is 0 Å². The molecule has 0 radical (unpaired) electrons. The maximum atomic E-state index is 13.1. The molecule has 2 aliphatic rings. The second kappa shape index (κ2) is 7.44. The standard InChI is InChI=1S/C21H26N2O4/c1-26-15-4-5-18-16(10-15)17(11-19(23-18)14-2-3-14)20(25)22-12-21(13-24)6-8-27-9-7-21/h4-5,10-11,14,24H,2-3,6-9,12-13H2,1H3,(H,22,25). The molecule has 6 heteroatoms. The van der Waals surface area contributed by atoms with E-state index in [0.29, 0.717) is 37.0 Å². The molecule has 0 atom stereocenters. The molecule has 1 amide bonds. The summed E-state index contributed by atoms with van der Waals surface area (Å²) in [4.78, 5) is 17.8. The van der Waals surface area contributed by atoms with Gasteiger partial charge in [0.2, 0.25) is 0 Å². The Balaban J connectivity index is 1.63. The number of hydrogen-bond acceptors (Lipinski definition) is 5. The summed E-state index contributed by atoms with van der Waals surface area (Å²) in [6, 6.07) is 7.57. The number of aliphatic hydroxyl groups excluding tert-OH is 1. The summed E-state index contributed by atoms with van der Waals surface area (Å²) >= 11 is 0. The number of pyridine rings is 1. The van der Waals surface area contributed by atoms with Crippen LogP contribution in [0.2, 0.25) is 0 Å². The van der Waals surface area contributed by atoms with Crippen molar-refractivity contribution in [1.29, 1.82) is 0 Å². The zero-order chi connectivity index (χ0) is 18.9. The largest absolute Gasteiger partial charge is 0.497 e. The average Bonchev–Trinajstić information content (AvgIpc) is 3.57. The van der Waals surface area contributed by atoms with Crippen LogP contribution in [0.5, 0.6) is 5.75 Å². The molecule has 6 nitrogen and oxygen atoms in total. The lowest BCUT2D eigenvalue weighted by Crippen LogP contribution is -2.43. The summed E-state index contributed by atoms with van der Waals surface area (Å²) in [5, 5.41) is 13.7. The molecule has 1 saturated carbocycles. The summed E-state index contributed by atoms with van der Waals surface area (Å²) in [6.07, 6.45) is 3.76. The molecule has 144 valence electrons. The smallest absolute Gasteiger partial charge is 0.252 e. The normalized spacial score (nSPS) is 19.0. The monoisotopic (exact) mass is 370 g/mol. The van der Waals surface area contributed by atoms with Gasteiger partial charge in [-0.2, -0.15) is 0 Å². The number of aliphatic hydroxyl groups is 1. The Kier molecular flexibility index (Phi) is 5.02. The quantitative estimate of drug-likeness (QED) is 0.817. The number of ether oxygens (including phenoxy) is 2.